The van der Waals surface area contributed by atoms with Gasteiger partial charge in [0.15, 0.2) is 0 Å². The van der Waals surface area contributed by atoms with Gasteiger partial charge in [-0.3, -0.25) is 4.90 Å². The van der Waals surface area contributed by atoms with Crippen LogP contribution >= 0.6 is 11.6 Å². The molecule has 3 aliphatic carbocycles. The number of carbonyl (C=O) groups is 1. The molecule has 2 atom stereocenters. The molecule has 1 heterocycles. The number of ether oxygens (including phenoxy) is 1. The summed E-state index contributed by atoms with van der Waals surface area (Å²) in [6, 6.07) is 13.5. The minimum absolute atomic E-state index is 0.136. The van der Waals surface area contributed by atoms with Crippen LogP contribution in [0.1, 0.15) is 26.7 Å². The lowest BCUT2D eigenvalue weighted by atomic mass is 9.49. The van der Waals surface area contributed by atoms with E-state index in [-0.39, 0.29) is 16.3 Å². The van der Waals surface area contributed by atoms with E-state index < -0.39 is 10.0 Å². The fourth-order valence-corrected chi connectivity index (χ4v) is 7.76. The summed E-state index contributed by atoms with van der Waals surface area (Å²) in [7, 11) is -2.01. The Kier molecular flexibility index (Phi) is 8.47. The number of sulfonamides is 1. The number of rotatable bonds is 9. The van der Waals surface area contributed by atoms with Gasteiger partial charge in [0.2, 0.25) is 10.0 Å². The third-order valence-corrected chi connectivity index (χ3v) is 11.2. The summed E-state index contributed by atoms with van der Waals surface area (Å²) in [5.41, 5.74) is 2.35. The molecule has 2 unspecified atom stereocenters. The Balaban J connectivity index is 1.21. The summed E-state index contributed by atoms with van der Waals surface area (Å²) in [6.07, 6.45) is 4.63. The Morgan fingerprint density at radius 3 is 2.35 bits per heavy atom. The number of halogens is 1. The van der Waals surface area contributed by atoms with E-state index in [4.69, 9.17) is 16.3 Å². The van der Waals surface area contributed by atoms with Crippen LogP contribution in [0.25, 0.3) is 0 Å². The summed E-state index contributed by atoms with van der Waals surface area (Å²) in [5, 5.41) is 3.66. The van der Waals surface area contributed by atoms with Crippen LogP contribution in [0.3, 0.4) is 0 Å². The number of urea groups is 1. The zero-order chi connectivity index (χ0) is 28.5. The van der Waals surface area contributed by atoms with Crippen molar-refractivity contribution in [3.63, 3.8) is 0 Å². The molecular formula is C30H39ClN4O4S. The topological polar surface area (TPSA) is 82.2 Å². The van der Waals surface area contributed by atoms with Crippen LogP contribution in [0, 0.1) is 17.3 Å². The number of amides is 2. The van der Waals surface area contributed by atoms with Gasteiger partial charge in [-0.15, -0.1) is 0 Å². The molecular weight excluding hydrogens is 548 g/mol. The van der Waals surface area contributed by atoms with E-state index in [0.717, 1.165) is 12.3 Å². The molecule has 40 heavy (non-hydrogen) atoms. The quantitative estimate of drug-likeness (QED) is 0.409. The molecule has 0 radical (unpaired) electrons. The molecule has 10 heteroatoms. The number of anilines is 1. The van der Waals surface area contributed by atoms with Crippen molar-refractivity contribution in [1.29, 1.82) is 0 Å². The highest BCUT2D eigenvalue weighted by atomic mass is 35.5. The minimum atomic E-state index is -3.57. The predicted molar refractivity (Wildman–Crippen MR) is 158 cm³/mol. The van der Waals surface area contributed by atoms with Crippen LogP contribution in [0.15, 0.2) is 65.1 Å². The number of nitrogens with zero attached hydrogens (tertiary/aromatic N) is 3. The molecule has 2 bridgehead atoms. The average Bonchev–Trinajstić information content (AvgIpc) is 2.96. The number of benzene rings is 2. The molecule has 6 rings (SSSR count). The van der Waals surface area contributed by atoms with Crippen molar-refractivity contribution in [1.82, 2.24) is 14.1 Å². The Morgan fingerprint density at radius 2 is 1.75 bits per heavy atom. The van der Waals surface area contributed by atoms with Gasteiger partial charge < -0.3 is 15.0 Å². The third-order valence-electron chi connectivity index (χ3n) is 9.05. The Labute approximate surface area is 243 Å². The first kappa shape index (κ1) is 28.9. The number of hydrogen-bond donors (Lipinski definition) is 1. The van der Waals surface area contributed by atoms with Crippen molar-refractivity contribution in [2.24, 2.45) is 17.3 Å². The molecule has 216 valence electrons. The first-order chi connectivity index (χ1) is 19.1. The number of methoxy groups -OCH3 is 1. The number of hydrogen-bond acceptors (Lipinski definition) is 5. The zero-order valence-electron chi connectivity index (χ0n) is 23.5. The molecule has 1 aliphatic heterocycles. The fourth-order valence-electron chi connectivity index (χ4n) is 6.22. The van der Waals surface area contributed by atoms with Gasteiger partial charge in [0.25, 0.3) is 0 Å². The summed E-state index contributed by atoms with van der Waals surface area (Å²) >= 11 is 6.03. The van der Waals surface area contributed by atoms with Crippen molar-refractivity contribution >= 4 is 33.3 Å². The molecule has 0 aromatic heterocycles. The first-order valence-electron chi connectivity index (χ1n) is 13.9. The maximum Gasteiger partial charge on any atom is 0.322 e. The molecule has 2 aromatic carbocycles. The van der Waals surface area contributed by atoms with Crippen molar-refractivity contribution in [3.05, 3.63) is 65.2 Å². The number of carbonyl (C=O) groups excluding carboxylic acids is 1. The second-order valence-electron chi connectivity index (χ2n) is 11.6. The van der Waals surface area contributed by atoms with E-state index in [0.29, 0.717) is 68.2 Å². The Bertz CT molecular complexity index is 1340. The monoisotopic (exact) mass is 586 g/mol. The lowest BCUT2D eigenvalue weighted by Gasteiger charge is -2.57. The van der Waals surface area contributed by atoms with E-state index in [9.17, 15) is 13.2 Å². The summed E-state index contributed by atoms with van der Waals surface area (Å²) < 4.78 is 33.0. The van der Waals surface area contributed by atoms with E-state index in [1.54, 1.807) is 55.6 Å². The van der Waals surface area contributed by atoms with Gasteiger partial charge in [0.1, 0.15) is 5.75 Å². The van der Waals surface area contributed by atoms with Crippen LogP contribution in [-0.4, -0.2) is 81.5 Å². The van der Waals surface area contributed by atoms with Gasteiger partial charge in [-0.05, 0) is 78.6 Å². The molecule has 4 aliphatic rings. The summed E-state index contributed by atoms with van der Waals surface area (Å²) in [4.78, 5) is 17.9. The highest BCUT2D eigenvalue weighted by molar-refractivity contribution is 7.89. The van der Waals surface area contributed by atoms with Crippen molar-refractivity contribution < 1.29 is 17.9 Å². The normalized spacial score (nSPS) is 22.6. The van der Waals surface area contributed by atoms with Crippen molar-refractivity contribution in [2.75, 3.05) is 58.2 Å². The fraction of sp³-hybridized carbons (Fsp3) is 0.500. The smallest absolute Gasteiger partial charge is 0.322 e. The highest BCUT2D eigenvalue weighted by Gasteiger charge is 2.51. The predicted octanol–water partition coefficient (Wildman–Crippen LogP) is 5.18. The molecule has 1 N–H and O–H groups in total. The van der Waals surface area contributed by atoms with Gasteiger partial charge >= 0.3 is 6.03 Å². The highest BCUT2D eigenvalue weighted by Crippen LogP contribution is 2.59. The maximum absolute atomic E-state index is 13.5. The van der Waals surface area contributed by atoms with Gasteiger partial charge in [-0.2, -0.15) is 4.31 Å². The number of allylic oxidation sites excluding steroid dienone is 1. The number of nitrogens with one attached hydrogen (secondary N) is 1. The molecule has 2 fully saturated rings. The van der Waals surface area contributed by atoms with Crippen LogP contribution in [0.5, 0.6) is 5.75 Å². The van der Waals surface area contributed by atoms with E-state index >= 15 is 0 Å². The van der Waals surface area contributed by atoms with Crippen LogP contribution in [0.4, 0.5) is 10.5 Å². The van der Waals surface area contributed by atoms with Crippen molar-refractivity contribution in [2.45, 2.75) is 31.6 Å². The summed E-state index contributed by atoms with van der Waals surface area (Å²) in [6.45, 7) is 8.57. The van der Waals surface area contributed by atoms with Gasteiger partial charge in [-0.25, -0.2) is 13.2 Å². The SMILES string of the molecule is COc1ccc(S(=O)(=O)N2CCN(CCN(CC3=CCC4CC3C4(C)C)C(=O)Nc3ccc(Cl)cc3)CC2)cc1. The Hall–Kier alpha value is -2.59. The molecule has 1 saturated heterocycles. The standard InChI is InChI=1S/C30H39ClN4O4S/c1-30(2)23-5-4-22(28(30)20-23)21-34(29(36)32-25-8-6-24(31)7-9-25)17-14-33-15-18-35(19-16-33)40(37,38)27-12-10-26(39-3)11-13-27/h4,6-13,23,28H,5,14-21H2,1-3H3,(H,32,36). The van der Waals surface area contributed by atoms with E-state index in [1.807, 2.05) is 4.90 Å². The third kappa shape index (κ3) is 6.03. The lowest BCUT2D eigenvalue weighted by Crippen LogP contribution is -2.52. The minimum Gasteiger partial charge on any atom is -0.497 e. The molecule has 2 amide bonds. The second kappa shape index (κ2) is 11.7. The average molecular weight is 587 g/mol. The van der Waals surface area contributed by atoms with Crippen LogP contribution in [0.2, 0.25) is 5.02 Å². The zero-order valence-corrected chi connectivity index (χ0v) is 25.0. The molecule has 1 saturated carbocycles. The molecule has 8 nitrogen and oxygen atoms in total. The van der Waals surface area contributed by atoms with Crippen molar-refractivity contribution in [3.8, 4) is 5.75 Å². The van der Waals surface area contributed by atoms with Gasteiger partial charge in [0.05, 0.1) is 12.0 Å². The largest absolute Gasteiger partial charge is 0.497 e. The van der Waals surface area contributed by atoms with E-state index in [2.05, 4.69) is 30.1 Å². The molecule has 0 spiro atoms. The van der Waals surface area contributed by atoms with E-state index in [1.165, 1.54) is 16.3 Å². The Morgan fingerprint density at radius 1 is 1.07 bits per heavy atom. The van der Waals surface area contributed by atoms with Gasteiger partial charge in [-0.1, -0.05) is 37.1 Å². The first-order valence-corrected chi connectivity index (χ1v) is 15.8. The molecule has 2 aromatic rings. The lowest BCUT2D eigenvalue weighted by molar-refractivity contribution is -0.00967. The number of fused-ring (bicyclic) bond motifs is 1. The maximum atomic E-state index is 13.5. The second-order valence-corrected chi connectivity index (χ2v) is 14.0. The van der Waals surface area contributed by atoms with Crippen LogP contribution in [-0.2, 0) is 10.0 Å². The van der Waals surface area contributed by atoms with Gasteiger partial charge in [0, 0.05) is 56.5 Å². The van der Waals surface area contributed by atoms with Crippen LogP contribution < -0.4 is 10.1 Å². The summed E-state index contributed by atoms with van der Waals surface area (Å²) in [5.74, 6) is 1.88. The number of piperazine rings is 1.